The molecular weight excluding hydrogens is 326 g/mol. The van der Waals surface area contributed by atoms with E-state index in [1.54, 1.807) is 25.3 Å². The number of amides is 2. The smallest absolute Gasteiger partial charge is 0.240 e. The fraction of sp³-hybridized carbons (Fsp3) is 0.529. The van der Waals surface area contributed by atoms with Gasteiger partial charge in [0.2, 0.25) is 11.8 Å². The molecule has 5 rings (SSSR count). The second-order valence-electron chi connectivity index (χ2n) is 7.43. The molecule has 8 heteroatoms. The minimum atomic E-state index is -0.796. The van der Waals surface area contributed by atoms with Gasteiger partial charge < -0.3 is 9.47 Å². The van der Waals surface area contributed by atoms with Gasteiger partial charge in [0.05, 0.1) is 29.2 Å². The molecule has 25 heavy (non-hydrogen) atoms. The van der Waals surface area contributed by atoms with Gasteiger partial charge >= 0.3 is 0 Å². The summed E-state index contributed by atoms with van der Waals surface area (Å²) in [4.78, 5) is 27.6. The van der Waals surface area contributed by atoms with E-state index in [0.29, 0.717) is 23.1 Å². The van der Waals surface area contributed by atoms with Crippen LogP contribution in [0.15, 0.2) is 22.8 Å². The van der Waals surface area contributed by atoms with Gasteiger partial charge in [0, 0.05) is 13.5 Å². The van der Waals surface area contributed by atoms with E-state index in [1.807, 2.05) is 13.8 Å². The quantitative estimate of drug-likeness (QED) is 0.758. The first-order valence-corrected chi connectivity index (χ1v) is 8.22. The second kappa shape index (κ2) is 4.44. The highest BCUT2D eigenvalue weighted by Crippen LogP contribution is 2.61. The van der Waals surface area contributed by atoms with E-state index >= 15 is 0 Å². The minimum absolute atomic E-state index is 0.210. The zero-order valence-electron chi connectivity index (χ0n) is 14.1. The van der Waals surface area contributed by atoms with Crippen molar-refractivity contribution in [3.8, 4) is 0 Å². The summed E-state index contributed by atoms with van der Waals surface area (Å²) < 4.78 is 16.4. The van der Waals surface area contributed by atoms with Crippen molar-refractivity contribution in [2.24, 2.45) is 11.8 Å². The number of imide groups is 1. The second-order valence-corrected chi connectivity index (χ2v) is 7.43. The third kappa shape index (κ3) is 1.63. The molecule has 1 aromatic heterocycles. The van der Waals surface area contributed by atoms with E-state index in [-0.39, 0.29) is 17.9 Å². The van der Waals surface area contributed by atoms with E-state index in [4.69, 9.17) is 14.1 Å². The molecule has 2 amide bonds. The first-order chi connectivity index (χ1) is 11.9. The summed E-state index contributed by atoms with van der Waals surface area (Å²) in [5.74, 6) is -1.53. The molecule has 3 aliphatic heterocycles. The number of hydrogen-bond acceptors (Lipinski definition) is 7. The highest BCUT2D eigenvalue weighted by molar-refractivity contribution is 6.23. The summed E-state index contributed by atoms with van der Waals surface area (Å²) in [6.45, 7) is 3.77. The van der Waals surface area contributed by atoms with Crippen molar-refractivity contribution in [3.05, 3.63) is 18.2 Å². The average Bonchev–Trinajstić information content (AvgIpc) is 3.25. The van der Waals surface area contributed by atoms with E-state index in [1.165, 1.54) is 4.90 Å². The van der Waals surface area contributed by atoms with Crippen LogP contribution in [-0.4, -0.2) is 46.5 Å². The molecule has 0 radical (unpaired) electrons. The summed E-state index contributed by atoms with van der Waals surface area (Å²) in [7, 11) is 1.61. The van der Waals surface area contributed by atoms with E-state index in [2.05, 4.69) is 10.3 Å². The number of nitrogens with zero attached hydrogens (tertiary/aromatic N) is 3. The summed E-state index contributed by atoms with van der Waals surface area (Å²) in [6.07, 6.45) is 0.387. The molecule has 3 aliphatic rings. The number of fused-ring (bicyclic) bond motifs is 6. The molecule has 0 saturated carbocycles. The molecule has 130 valence electrons. The highest BCUT2D eigenvalue weighted by Gasteiger charge is 2.76. The van der Waals surface area contributed by atoms with Crippen molar-refractivity contribution in [2.75, 3.05) is 12.0 Å². The number of hydrogen-bond donors (Lipinski definition) is 0. The Morgan fingerprint density at radius 3 is 2.64 bits per heavy atom. The van der Waals surface area contributed by atoms with Gasteiger partial charge in [0.1, 0.15) is 16.6 Å². The molecule has 2 aromatic rings. The topological polar surface area (TPSA) is 94.8 Å². The van der Waals surface area contributed by atoms with E-state index < -0.39 is 23.0 Å². The number of aromatic nitrogens is 2. The Kier molecular flexibility index (Phi) is 2.66. The third-order valence-electron chi connectivity index (χ3n) is 6.04. The Balaban J connectivity index is 1.61. The van der Waals surface area contributed by atoms with Crippen molar-refractivity contribution >= 4 is 28.5 Å². The van der Waals surface area contributed by atoms with Crippen LogP contribution >= 0.6 is 0 Å². The fourth-order valence-electron chi connectivity index (χ4n) is 4.98. The largest absolute Gasteiger partial charge is 0.378 e. The van der Waals surface area contributed by atoms with Crippen molar-refractivity contribution in [2.45, 2.75) is 37.6 Å². The Bertz CT molecular complexity index is 926. The lowest BCUT2D eigenvalue weighted by Crippen LogP contribution is -2.49. The summed E-state index contributed by atoms with van der Waals surface area (Å²) in [5, 5.41) is 7.54. The fourth-order valence-corrected chi connectivity index (χ4v) is 4.98. The van der Waals surface area contributed by atoms with E-state index in [0.717, 1.165) is 0 Å². The molecule has 0 unspecified atom stereocenters. The van der Waals surface area contributed by atoms with Crippen LogP contribution in [0.5, 0.6) is 0 Å². The molecule has 2 bridgehead atoms. The van der Waals surface area contributed by atoms with E-state index in [9.17, 15) is 9.59 Å². The molecule has 1 aromatic carbocycles. The van der Waals surface area contributed by atoms with Gasteiger partial charge in [-0.05, 0) is 42.4 Å². The van der Waals surface area contributed by atoms with Gasteiger partial charge in [-0.1, -0.05) is 0 Å². The average molecular weight is 343 g/mol. The first-order valence-electron chi connectivity index (χ1n) is 8.22. The zero-order valence-corrected chi connectivity index (χ0v) is 14.1. The van der Waals surface area contributed by atoms with Gasteiger partial charge in [0.25, 0.3) is 0 Å². The first kappa shape index (κ1) is 15.0. The van der Waals surface area contributed by atoms with Crippen molar-refractivity contribution in [1.82, 2.24) is 10.3 Å². The van der Waals surface area contributed by atoms with Crippen LogP contribution in [-0.2, 0) is 19.1 Å². The van der Waals surface area contributed by atoms with Gasteiger partial charge in [0.15, 0.2) is 0 Å². The summed E-state index contributed by atoms with van der Waals surface area (Å²) in [5.41, 5.74) is 0.0654. The number of methoxy groups -OCH3 is 1. The minimum Gasteiger partial charge on any atom is -0.378 e. The predicted molar refractivity (Wildman–Crippen MR) is 84.6 cm³/mol. The standard InChI is InChI=1S/C17H17N3O5/c1-16-7-11(23-3)17(2,24-16)13-12(16)14(21)20(15(13)22)8-4-5-9-10(6-8)19-25-18-9/h4-6,11-13H,7H2,1-3H3/t11-,12+,13-,16+,17-/m0/s1. The molecule has 0 aliphatic carbocycles. The maximum Gasteiger partial charge on any atom is 0.240 e. The molecule has 4 heterocycles. The number of ether oxygens (including phenoxy) is 2. The van der Waals surface area contributed by atoms with Crippen LogP contribution < -0.4 is 4.90 Å². The van der Waals surface area contributed by atoms with Gasteiger partial charge in [-0.15, -0.1) is 0 Å². The maximum absolute atomic E-state index is 13.2. The van der Waals surface area contributed by atoms with Gasteiger partial charge in [-0.3, -0.25) is 9.59 Å². The maximum atomic E-state index is 13.2. The molecule has 0 spiro atoms. The number of benzene rings is 1. The van der Waals surface area contributed by atoms with Crippen LogP contribution in [0.4, 0.5) is 5.69 Å². The van der Waals surface area contributed by atoms with Crippen LogP contribution in [0, 0.1) is 11.8 Å². The Labute approximate surface area is 143 Å². The zero-order chi connectivity index (χ0) is 17.6. The number of rotatable bonds is 2. The van der Waals surface area contributed by atoms with Crippen LogP contribution in [0.25, 0.3) is 11.0 Å². The SMILES string of the molecule is CO[C@H]1C[C@@]2(C)O[C@]1(C)[C@@H]1C(=O)N(c3ccc4nonc4c3)C(=O)[C@@H]12. The summed E-state index contributed by atoms with van der Waals surface area (Å²) >= 11 is 0. The van der Waals surface area contributed by atoms with Crippen molar-refractivity contribution in [3.63, 3.8) is 0 Å². The molecule has 3 saturated heterocycles. The van der Waals surface area contributed by atoms with Crippen molar-refractivity contribution < 1.29 is 23.7 Å². The van der Waals surface area contributed by atoms with Crippen molar-refractivity contribution in [1.29, 1.82) is 0 Å². The number of carbonyl (C=O) groups excluding carboxylic acids is 2. The Morgan fingerprint density at radius 1 is 1.16 bits per heavy atom. The lowest BCUT2D eigenvalue weighted by atomic mass is 9.67. The molecule has 5 atom stereocenters. The normalized spacial score (nSPS) is 39.6. The molecule has 3 fully saturated rings. The highest BCUT2D eigenvalue weighted by atomic mass is 16.6. The Morgan fingerprint density at radius 2 is 1.88 bits per heavy atom. The number of carbonyl (C=O) groups is 2. The Hall–Kier alpha value is -2.32. The molecular formula is C17H17N3O5. The number of anilines is 1. The van der Waals surface area contributed by atoms with Gasteiger partial charge in [-0.2, -0.15) is 0 Å². The monoisotopic (exact) mass is 343 g/mol. The lowest BCUT2D eigenvalue weighted by Gasteiger charge is -2.34. The van der Waals surface area contributed by atoms with Gasteiger partial charge in [-0.25, -0.2) is 9.53 Å². The lowest BCUT2D eigenvalue weighted by molar-refractivity contribution is -0.133. The molecule has 8 nitrogen and oxygen atoms in total. The van der Waals surface area contributed by atoms with Crippen LogP contribution in [0.1, 0.15) is 20.3 Å². The third-order valence-corrected chi connectivity index (χ3v) is 6.04. The van der Waals surface area contributed by atoms with Crippen LogP contribution in [0.3, 0.4) is 0 Å². The predicted octanol–water partition coefficient (Wildman–Crippen LogP) is 1.29. The molecule has 0 N–H and O–H groups in total. The van der Waals surface area contributed by atoms with Crippen LogP contribution in [0.2, 0.25) is 0 Å². The summed E-state index contributed by atoms with van der Waals surface area (Å²) in [6, 6.07) is 5.01.